The Bertz CT molecular complexity index is 1190. The Morgan fingerprint density at radius 1 is 1.19 bits per heavy atom. The minimum atomic E-state index is -1.67. The summed E-state index contributed by atoms with van der Waals surface area (Å²) < 4.78 is 13.1. The summed E-state index contributed by atoms with van der Waals surface area (Å²) in [6.45, 7) is 5.06. The van der Waals surface area contributed by atoms with Gasteiger partial charge in [0.15, 0.2) is 5.54 Å². The number of aliphatic carboxylic acids is 1. The van der Waals surface area contributed by atoms with E-state index in [-0.39, 0.29) is 19.6 Å². The van der Waals surface area contributed by atoms with Gasteiger partial charge in [-0.1, -0.05) is 30.3 Å². The monoisotopic (exact) mass is 512 g/mol. The van der Waals surface area contributed by atoms with E-state index in [0.29, 0.717) is 4.88 Å². The lowest BCUT2D eigenvalue weighted by molar-refractivity contribution is -0.169. The molecule has 1 amide bonds. The molecule has 3 atom stereocenters. The summed E-state index contributed by atoms with van der Waals surface area (Å²) in [6, 6.07) is 8.14. The van der Waals surface area contributed by atoms with Crippen molar-refractivity contribution in [3.05, 3.63) is 71.2 Å². The molecule has 0 saturated carbocycles. The number of amides is 1. The van der Waals surface area contributed by atoms with Gasteiger partial charge < -0.3 is 19.1 Å². The maximum absolute atomic E-state index is 13.9. The van der Waals surface area contributed by atoms with Gasteiger partial charge in [0, 0.05) is 23.5 Å². The maximum Gasteiger partial charge on any atom is 0.411 e. The van der Waals surface area contributed by atoms with Crippen molar-refractivity contribution in [3.8, 4) is 0 Å². The Hall–Kier alpha value is -3.73. The molecule has 1 aliphatic heterocycles. The molecule has 2 aromatic heterocycles. The van der Waals surface area contributed by atoms with Crippen LogP contribution in [0.1, 0.15) is 43.7 Å². The molecule has 3 aromatic rings. The first kappa shape index (κ1) is 25.4. The lowest BCUT2D eigenvalue weighted by Crippen LogP contribution is -2.58. The van der Waals surface area contributed by atoms with E-state index in [1.165, 1.54) is 28.8 Å². The van der Waals surface area contributed by atoms with Gasteiger partial charge in [0.05, 0.1) is 30.3 Å². The molecule has 0 radical (unpaired) electrons. The van der Waals surface area contributed by atoms with Gasteiger partial charge in [0.1, 0.15) is 12.2 Å². The van der Waals surface area contributed by atoms with E-state index in [1.807, 2.05) is 30.3 Å². The van der Waals surface area contributed by atoms with Crippen molar-refractivity contribution in [1.29, 1.82) is 0 Å². The highest BCUT2D eigenvalue weighted by Crippen LogP contribution is 2.50. The molecule has 11 heteroatoms. The fourth-order valence-corrected chi connectivity index (χ4v) is 5.23. The van der Waals surface area contributed by atoms with E-state index in [2.05, 4.69) is 9.97 Å². The average molecular weight is 513 g/mol. The predicted molar refractivity (Wildman–Crippen MR) is 130 cm³/mol. The molecule has 1 N–H and O–H groups in total. The topological polar surface area (TPSA) is 124 Å². The third-order valence-electron chi connectivity index (χ3n) is 5.92. The van der Waals surface area contributed by atoms with Gasteiger partial charge >= 0.3 is 18.0 Å². The van der Waals surface area contributed by atoms with E-state index in [9.17, 15) is 19.5 Å². The lowest BCUT2D eigenvalue weighted by Gasteiger charge is -2.39. The van der Waals surface area contributed by atoms with E-state index in [4.69, 9.17) is 9.47 Å². The SMILES string of the molecule is CC(C)(C)OC(=O)[C@@]1(Cn2ccnc2)C[C@@H](C(=O)O)[C@@H](c2cncs2)N1C(=O)OCc1ccccc1. The Kier molecular flexibility index (Phi) is 7.11. The number of imidazole rings is 1. The van der Waals surface area contributed by atoms with Crippen molar-refractivity contribution in [1.82, 2.24) is 19.4 Å². The molecule has 1 saturated heterocycles. The zero-order valence-corrected chi connectivity index (χ0v) is 21.1. The van der Waals surface area contributed by atoms with Crippen LogP contribution < -0.4 is 0 Å². The van der Waals surface area contributed by atoms with E-state index < -0.39 is 41.1 Å². The van der Waals surface area contributed by atoms with Crippen LogP contribution in [0.3, 0.4) is 0 Å². The minimum Gasteiger partial charge on any atom is -0.481 e. The molecular weight excluding hydrogens is 484 g/mol. The molecule has 0 unspecified atom stereocenters. The van der Waals surface area contributed by atoms with Crippen LogP contribution in [0.5, 0.6) is 0 Å². The number of rotatable bonds is 7. The number of carboxylic acids is 1. The summed E-state index contributed by atoms with van der Waals surface area (Å²) in [5.41, 5.74) is -0.226. The molecule has 0 bridgehead atoms. The number of hydrogen-bond donors (Lipinski definition) is 1. The van der Waals surface area contributed by atoms with Crippen molar-refractivity contribution >= 4 is 29.4 Å². The molecule has 1 aliphatic rings. The van der Waals surface area contributed by atoms with E-state index in [0.717, 1.165) is 5.56 Å². The summed E-state index contributed by atoms with van der Waals surface area (Å²) in [5, 5.41) is 10.2. The second-order valence-electron chi connectivity index (χ2n) is 9.68. The molecule has 4 rings (SSSR count). The van der Waals surface area contributed by atoms with Gasteiger partial charge in [-0.05, 0) is 32.8 Å². The fourth-order valence-electron chi connectivity index (χ4n) is 4.46. The van der Waals surface area contributed by atoms with Gasteiger partial charge in [-0.25, -0.2) is 14.6 Å². The number of ether oxygens (including phenoxy) is 2. The summed E-state index contributed by atoms with van der Waals surface area (Å²) in [6.07, 6.45) is 5.24. The molecule has 190 valence electrons. The first-order valence-corrected chi connectivity index (χ1v) is 12.3. The van der Waals surface area contributed by atoms with Gasteiger partial charge in [0.2, 0.25) is 0 Å². The summed E-state index contributed by atoms with van der Waals surface area (Å²) >= 11 is 1.22. The number of carbonyl (C=O) groups excluding carboxylic acids is 2. The van der Waals surface area contributed by atoms with Crippen LogP contribution in [0.4, 0.5) is 4.79 Å². The zero-order chi connectivity index (χ0) is 25.9. The Labute approximate surface area is 212 Å². The Morgan fingerprint density at radius 3 is 2.53 bits per heavy atom. The molecule has 1 aromatic carbocycles. The first-order valence-electron chi connectivity index (χ1n) is 11.4. The van der Waals surface area contributed by atoms with Crippen LogP contribution in [0, 0.1) is 5.92 Å². The second-order valence-corrected chi connectivity index (χ2v) is 10.6. The number of thiazole rings is 1. The largest absolute Gasteiger partial charge is 0.481 e. The van der Waals surface area contributed by atoms with Crippen LogP contribution in [-0.2, 0) is 32.2 Å². The van der Waals surface area contributed by atoms with Crippen molar-refractivity contribution < 1.29 is 29.0 Å². The maximum atomic E-state index is 13.9. The smallest absolute Gasteiger partial charge is 0.411 e. The molecule has 36 heavy (non-hydrogen) atoms. The number of aromatic nitrogens is 3. The number of nitrogens with zero attached hydrogens (tertiary/aromatic N) is 4. The first-order chi connectivity index (χ1) is 17.1. The van der Waals surface area contributed by atoms with E-state index in [1.54, 1.807) is 43.2 Å². The van der Waals surface area contributed by atoms with Gasteiger partial charge in [-0.15, -0.1) is 11.3 Å². The quantitative estimate of drug-likeness (QED) is 0.473. The summed E-state index contributed by atoms with van der Waals surface area (Å²) in [4.78, 5) is 50.1. The number of esters is 1. The second kappa shape index (κ2) is 10.1. The molecule has 3 heterocycles. The van der Waals surface area contributed by atoms with Crippen molar-refractivity contribution in [3.63, 3.8) is 0 Å². The molecule has 1 fully saturated rings. The third kappa shape index (κ3) is 5.25. The predicted octanol–water partition coefficient (Wildman–Crippen LogP) is 3.90. The summed E-state index contributed by atoms with van der Waals surface area (Å²) in [7, 11) is 0. The average Bonchev–Trinajstić information content (AvgIpc) is 3.58. The van der Waals surface area contributed by atoms with Crippen LogP contribution in [-0.4, -0.2) is 53.7 Å². The highest BCUT2D eigenvalue weighted by atomic mass is 32.1. The van der Waals surface area contributed by atoms with Gasteiger partial charge in [-0.3, -0.25) is 14.7 Å². The molecule has 0 aliphatic carbocycles. The summed E-state index contributed by atoms with van der Waals surface area (Å²) in [5.74, 6) is -2.94. The fraction of sp³-hybridized carbons (Fsp3) is 0.400. The van der Waals surface area contributed by atoms with Crippen molar-refractivity contribution in [2.45, 2.75) is 57.5 Å². The number of likely N-dealkylation sites (tertiary alicyclic amines) is 1. The van der Waals surface area contributed by atoms with Crippen LogP contribution in [0.15, 0.2) is 60.8 Å². The number of carbonyl (C=O) groups is 3. The Balaban J connectivity index is 1.82. The van der Waals surface area contributed by atoms with Crippen molar-refractivity contribution in [2.24, 2.45) is 5.92 Å². The standard InChI is InChI=1S/C25H28N4O6S/c1-24(2,3)35-22(32)25(14-28-10-9-26-15-28)11-18(21(30)31)20(19-12-27-16-36-19)29(25)23(33)34-13-17-7-5-4-6-8-17/h4-10,12,15-16,18,20H,11,13-14H2,1-3H3,(H,30,31)/t18-,20+,25+/m1/s1. The lowest BCUT2D eigenvalue weighted by atomic mass is 9.90. The van der Waals surface area contributed by atoms with Crippen molar-refractivity contribution in [2.75, 3.05) is 0 Å². The molecular formula is C25H28N4O6S. The number of benzene rings is 1. The molecule has 0 spiro atoms. The third-order valence-corrected chi connectivity index (χ3v) is 6.77. The highest BCUT2D eigenvalue weighted by molar-refractivity contribution is 7.09. The Morgan fingerprint density at radius 2 is 1.94 bits per heavy atom. The normalized spacial score (nSPS) is 21.8. The molecule has 10 nitrogen and oxygen atoms in total. The number of hydrogen-bond acceptors (Lipinski definition) is 8. The van der Waals surface area contributed by atoms with Crippen LogP contribution in [0.2, 0.25) is 0 Å². The minimum absolute atomic E-state index is 0.0429. The van der Waals surface area contributed by atoms with Gasteiger partial charge in [0.25, 0.3) is 0 Å². The van der Waals surface area contributed by atoms with Gasteiger partial charge in [-0.2, -0.15) is 0 Å². The highest BCUT2D eigenvalue weighted by Gasteiger charge is 2.63. The van der Waals surface area contributed by atoms with E-state index >= 15 is 0 Å². The van der Waals surface area contributed by atoms with Crippen LogP contribution >= 0.6 is 11.3 Å². The zero-order valence-electron chi connectivity index (χ0n) is 20.2. The van der Waals surface area contributed by atoms with Crippen LogP contribution in [0.25, 0.3) is 0 Å². The number of carboxylic acid groups (broad SMARTS) is 1.